The van der Waals surface area contributed by atoms with Gasteiger partial charge >= 0.3 is 0 Å². The Bertz CT molecular complexity index is 1030. The molecular weight excluding hydrogens is 384 g/mol. The molecule has 4 nitrogen and oxygen atoms in total. The smallest absolute Gasteiger partial charge is 0.226 e. The number of hydrogen-bond donors (Lipinski definition) is 0. The van der Waals surface area contributed by atoms with Crippen LogP contribution in [0.15, 0.2) is 48.5 Å². The molecule has 1 aromatic heterocycles. The van der Waals surface area contributed by atoms with E-state index in [2.05, 4.69) is 11.1 Å². The third kappa shape index (κ3) is 4.23. The monoisotopic (exact) mass is 408 g/mol. The summed E-state index contributed by atoms with van der Waals surface area (Å²) >= 11 is 6.53. The van der Waals surface area contributed by atoms with Gasteiger partial charge in [0.15, 0.2) is 0 Å². The van der Waals surface area contributed by atoms with Crippen LogP contribution in [0.5, 0.6) is 5.75 Å². The largest absolute Gasteiger partial charge is 0.497 e. The first kappa shape index (κ1) is 19.7. The zero-order chi connectivity index (χ0) is 20.4. The van der Waals surface area contributed by atoms with E-state index >= 15 is 0 Å². The fourth-order valence-electron chi connectivity index (χ4n) is 3.76. The molecule has 1 aliphatic carbocycles. The number of aryl methyl sites for hydroxylation is 1. The maximum absolute atomic E-state index is 13.1. The molecule has 1 aliphatic rings. The van der Waals surface area contributed by atoms with Crippen LogP contribution in [-0.2, 0) is 17.9 Å². The topological polar surface area (TPSA) is 42.4 Å². The highest BCUT2D eigenvalue weighted by atomic mass is 35.5. The lowest BCUT2D eigenvalue weighted by atomic mass is 9.84. The molecule has 5 heteroatoms. The number of aromatic nitrogens is 1. The number of carbonyl (C=O) groups excluding carboxylic acids is 1. The van der Waals surface area contributed by atoms with Crippen LogP contribution in [0.4, 0.5) is 0 Å². The highest BCUT2D eigenvalue weighted by molar-refractivity contribution is 6.30. The maximum atomic E-state index is 13.1. The minimum Gasteiger partial charge on any atom is -0.497 e. The van der Waals surface area contributed by atoms with E-state index in [9.17, 15) is 4.79 Å². The summed E-state index contributed by atoms with van der Waals surface area (Å²) in [5, 5.41) is 1.51. The maximum Gasteiger partial charge on any atom is 0.226 e. The molecule has 1 saturated carbocycles. The van der Waals surface area contributed by atoms with Crippen LogP contribution in [0.25, 0.3) is 10.9 Å². The highest BCUT2D eigenvalue weighted by Crippen LogP contribution is 2.31. The van der Waals surface area contributed by atoms with Crippen LogP contribution >= 0.6 is 11.6 Å². The summed E-state index contributed by atoms with van der Waals surface area (Å²) in [4.78, 5) is 19.6. The van der Waals surface area contributed by atoms with Crippen LogP contribution in [0, 0.1) is 12.8 Å². The number of rotatable bonds is 6. The van der Waals surface area contributed by atoms with Crippen molar-refractivity contribution in [1.82, 2.24) is 9.88 Å². The molecular formula is C24H25ClN2O2. The van der Waals surface area contributed by atoms with E-state index in [1.807, 2.05) is 54.3 Å². The number of ether oxygens (including phenoxy) is 1. The average Bonchev–Trinajstić information content (AvgIpc) is 2.68. The fourth-order valence-corrected chi connectivity index (χ4v) is 3.96. The molecule has 0 N–H and O–H groups in total. The van der Waals surface area contributed by atoms with E-state index in [0.717, 1.165) is 52.6 Å². The standard InChI is InChI=1S/C24H25ClN2O2/c1-16-5-3-8-19-13-20(23(25)26-22(16)19)15-27(24(28)18-6-4-7-18)14-17-9-11-21(29-2)12-10-17/h3,5,8-13,18H,4,6-7,14-15H2,1-2H3. The molecule has 29 heavy (non-hydrogen) atoms. The summed E-state index contributed by atoms with van der Waals surface area (Å²) in [6, 6.07) is 16.0. The first-order valence-electron chi connectivity index (χ1n) is 10.0. The molecule has 1 amide bonds. The summed E-state index contributed by atoms with van der Waals surface area (Å²) in [5.74, 6) is 1.14. The number of halogens is 1. The van der Waals surface area contributed by atoms with Gasteiger partial charge in [0.2, 0.25) is 5.91 Å². The van der Waals surface area contributed by atoms with Crippen LogP contribution in [0.2, 0.25) is 5.15 Å². The Labute approximate surface area is 176 Å². The van der Waals surface area contributed by atoms with Crippen molar-refractivity contribution in [2.24, 2.45) is 5.92 Å². The molecule has 0 bridgehead atoms. The van der Waals surface area contributed by atoms with Gasteiger partial charge in [-0.2, -0.15) is 0 Å². The zero-order valence-corrected chi connectivity index (χ0v) is 17.6. The number of fused-ring (bicyclic) bond motifs is 1. The van der Waals surface area contributed by atoms with Crippen LogP contribution < -0.4 is 4.74 Å². The summed E-state index contributed by atoms with van der Waals surface area (Å²) in [6.45, 7) is 3.03. The number of para-hydroxylation sites is 1. The molecule has 0 atom stereocenters. The van der Waals surface area contributed by atoms with Gasteiger partial charge in [-0.05, 0) is 49.1 Å². The van der Waals surface area contributed by atoms with Gasteiger partial charge in [0.25, 0.3) is 0 Å². The van der Waals surface area contributed by atoms with Crippen LogP contribution in [0.3, 0.4) is 0 Å². The highest BCUT2D eigenvalue weighted by Gasteiger charge is 2.30. The molecule has 0 radical (unpaired) electrons. The number of pyridine rings is 1. The first-order valence-corrected chi connectivity index (χ1v) is 10.4. The third-order valence-corrected chi connectivity index (χ3v) is 6.06. The average molecular weight is 409 g/mol. The van der Waals surface area contributed by atoms with E-state index in [1.165, 1.54) is 0 Å². The normalized spacial score (nSPS) is 13.9. The Hall–Kier alpha value is -2.59. The molecule has 1 heterocycles. The van der Waals surface area contributed by atoms with Gasteiger partial charge in [0.1, 0.15) is 10.9 Å². The lowest BCUT2D eigenvalue weighted by Gasteiger charge is -2.32. The van der Waals surface area contributed by atoms with Crippen molar-refractivity contribution in [2.75, 3.05) is 7.11 Å². The van der Waals surface area contributed by atoms with Crippen LogP contribution in [-0.4, -0.2) is 22.9 Å². The van der Waals surface area contributed by atoms with Crippen molar-refractivity contribution in [3.05, 3.63) is 70.4 Å². The van der Waals surface area contributed by atoms with Crippen LogP contribution in [0.1, 0.15) is 36.0 Å². The Morgan fingerprint density at radius 2 is 1.93 bits per heavy atom. The SMILES string of the molecule is COc1ccc(CN(Cc2cc3cccc(C)c3nc2Cl)C(=O)C2CCC2)cc1. The van der Waals surface area contributed by atoms with Gasteiger partial charge in [-0.15, -0.1) is 0 Å². The van der Waals surface area contributed by atoms with Gasteiger partial charge in [-0.25, -0.2) is 4.98 Å². The lowest BCUT2D eigenvalue weighted by Crippen LogP contribution is -2.38. The summed E-state index contributed by atoms with van der Waals surface area (Å²) in [7, 11) is 1.65. The number of hydrogen-bond acceptors (Lipinski definition) is 3. The number of nitrogens with zero attached hydrogens (tertiary/aromatic N) is 2. The second kappa shape index (κ2) is 8.42. The summed E-state index contributed by atoms with van der Waals surface area (Å²) in [6.07, 6.45) is 3.08. The van der Waals surface area contributed by atoms with Gasteiger partial charge in [-0.1, -0.05) is 48.4 Å². The van der Waals surface area contributed by atoms with E-state index < -0.39 is 0 Å². The van der Waals surface area contributed by atoms with E-state index in [-0.39, 0.29) is 11.8 Å². The second-order valence-electron chi connectivity index (χ2n) is 7.76. The molecule has 0 spiro atoms. The summed E-state index contributed by atoms with van der Waals surface area (Å²) in [5.41, 5.74) is 3.95. The number of benzene rings is 2. The van der Waals surface area contributed by atoms with E-state index in [0.29, 0.717) is 18.2 Å². The molecule has 150 valence electrons. The molecule has 0 unspecified atom stereocenters. The van der Waals surface area contributed by atoms with E-state index in [1.54, 1.807) is 7.11 Å². The molecule has 4 rings (SSSR count). The molecule has 3 aromatic rings. The van der Waals surface area contributed by atoms with Crippen molar-refractivity contribution in [1.29, 1.82) is 0 Å². The number of carbonyl (C=O) groups is 1. The quantitative estimate of drug-likeness (QED) is 0.503. The number of amides is 1. The molecule has 0 saturated heterocycles. The minimum absolute atomic E-state index is 0.127. The Kier molecular flexibility index (Phi) is 5.72. The van der Waals surface area contributed by atoms with Crippen molar-refractivity contribution < 1.29 is 9.53 Å². The number of methoxy groups -OCH3 is 1. The molecule has 1 fully saturated rings. The Balaban J connectivity index is 1.63. The Morgan fingerprint density at radius 1 is 1.17 bits per heavy atom. The lowest BCUT2D eigenvalue weighted by molar-refractivity contribution is -0.139. The van der Waals surface area contributed by atoms with Crippen molar-refractivity contribution >= 4 is 28.4 Å². The minimum atomic E-state index is 0.127. The Morgan fingerprint density at radius 3 is 2.59 bits per heavy atom. The second-order valence-corrected chi connectivity index (χ2v) is 8.11. The molecule has 2 aromatic carbocycles. The van der Waals surface area contributed by atoms with Gasteiger partial charge < -0.3 is 9.64 Å². The van der Waals surface area contributed by atoms with Crippen molar-refractivity contribution in [2.45, 2.75) is 39.3 Å². The predicted molar refractivity (Wildman–Crippen MR) is 116 cm³/mol. The van der Waals surface area contributed by atoms with E-state index in [4.69, 9.17) is 16.3 Å². The first-order chi connectivity index (χ1) is 14.0. The molecule has 0 aliphatic heterocycles. The predicted octanol–water partition coefficient (Wildman–Crippen LogP) is 5.53. The van der Waals surface area contributed by atoms with Crippen molar-refractivity contribution in [3.63, 3.8) is 0 Å². The van der Waals surface area contributed by atoms with Gasteiger partial charge in [0.05, 0.1) is 12.6 Å². The van der Waals surface area contributed by atoms with Gasteiger partial charge in [0, 0.05) is 30.0 Å². The van der Waals surface area contributed by atoms with Crippen molar-refractivity contribution in [3.8, 4) is 5.75 Å². The van der Waals surface area contributed by atoms with Gasteiger partial charge in [-0.3, -0.25) is 4.79 Å². The fraction of sp³-hybridized carbons (Fsp3) is 0.333. The third-order valence-electron chi connectivity index (χ3n) is 5.73. The zero-order valence-electron chi connectivity index (χ0n) is 16.8. The summed E-state index contributed by atoms with van der Waals surface area (Å²) < 4.78 is 5.24.